The lowest BCUT2D eigenvalue weighted by Gasteiger charge is -2.31. The second-order valence-electron chi connectivity index (χ2n) is 10.3. The van der Waals surface area contributed by atoms with Crippen LogP contribution in [0.25, 0.3) is 0 Å². The van der Waals surface area contributed by atoms with Crippen molar-refractivity contribution in [3.05, 3.63) is 11.5 Å². The highest BCUT2D eigenvalue weighted by Gasteiger charge is 2.40. The van der Waals surface area contributed by atoms with Gasteiger partial charge in [-0.05, 0) is 31.6 Å². The number of nitrogens with one attached hydrogen (secondary N) is 2. The molecule has 0 spiro atoms. The Hall–Kier alpha value is -3.48. The van der Waals surface area contributed by atoms with Crippen LogP contribution in [-0.4, -0.2) is 96.9 Å². The predicted molar refractivity (Wildman–Crippen MR) is 142 cm³/mol. The minimum absolute atomic E-state index is 0.0359. The third-order valence-electron chi connectivity index (χ3n) is 6.55. The number of morpholine rings is 1. The molecular formula is C27H42N4O9. The molecule has 0 bridgehead atoms. The molecule has 2 aliphatic rings. The first kappa shape index (κ1) is 32.7. The number of esters is 2. The zero-order valence-corrected chi connectivity index (χ0v) is 24.2. The first-order chi connectivity index (χ1) is 18.9. The monoisotopic (exact) mass is 566 g/mol. The number of hydrogen-bond donors (Lipinski definition) is 2. The van der Waals surface area contributed by atoms with Crippen LogP contribution < -0.4 is 10.6 Å². The largest absolute Gasteiger partial charge is 0.460 e. The lowest BCUT2D eigenvalue weighted by atomic mass is 10.0. The number of likely N-dealkylation sites (tertiary alicyclic amines) is 1. The lowest BCUT2D eigenvalue weighted by Crippen LogP contribution is -2.55. The minimum atomic E-state index is -0.949. The standard InChI is InChI=1S/C27H42N4O9/c1-7-39-27(37)24(40-18(6)32)22(16(2)3)29-25(35)19-9-8-10-31(19)26(36)23(17(4)5)28-20(33)15-21(34)30-11-13-38-14-12-30/h16-17,19,23H,7-15H2,1-6H3,(H,28,33)(H,29,35)/t19-,23?/m0/s1. The summed E-state index contributed by atoms with van der Waals surface area (Å²) in [5, 5.41) is 5.36. The normalized spacial score (nSPS) is 18.6. The molecule has 2 saturated heterocycles. The van der Waals surface area contributed by atoms with Gasteiger partial charge in [0, 0.05) is 26.6 Å². The Balaban J connectivity index is 2.18. The summed E-state index contributed by atoms with van der Waals surface area (Å²) < 4.78 is 15.3. The van der Waals surface area contributed by atoms with Gasteiger partial charge in [0.15, 0.2) is 0 Å². The van der Waals surface area contributed by atoms with Crippen molar-refractivity contribution >= 4 is 35.6 Å². The van der Waals surface area contributed by atoms with E-state index in [4.69, 9.17) is 14.2 Å². The van der Waals surface area contributed by atoms with E-state index in [1.165, 1.54) is 4.90 Å². The fourth-order valence-corrected chi connectivity index (χ4v) is 4.51. The molecule has 0 radical (unpaired) electrons. The van der Waals surface area contributed by atoms with Gasteiger partial charge in [0.1, 0.15) is 18.5 Å². The van der Waals surface area contributed by atoms with Crippen LogP contribution in [0.15, 0.2) is 11.5 Å². The minimum Gasteiger partial charge on any atom is -0.460 e. The van der Waals surface area contributed by atoms with E-state index in [0.29, 0.717) is 39.1 Å². The van der Waals surface area contributed by atoms with Gasteiger partial charge in [0.05, 0.1) is 25.5 Å². The van der Waals surface area contributed by atoms with Crippen molar-refractivity contribution in [1.29, 1.82) is 0 Å². The molecule has 0 saturated carbocycles. The van der Waals surface area contributed by atoms with Crippen LogP contribution in [0.4, 0.5) is 0 Å². The topological polar surface area (TPSA) is 161 Å². The molecule has 2 heterocycles. The van der Waals surface area contributed by atoms with Gasteiger partial charge in [-0.2, -0.15) is 0 Å². The maximum Gasteiger partial charge on any atom is 0.376 e. The summed E-state index contributed by atoms with van der Waals surface area (Å²) in [7, 11) is 0. The smallest absolute Gasteiger partial charge is 0.376 e. The van der Waals surface area contributed by atoms with E-state index in [2.05, 4.69) is 10.6 Å². The van der Waals surface area contributed by atoms with Gasteiger partial charge in [-0.1, -0.05) is 27.7 Å². The summed E-state index contributed by atoms with van der Waals surface area (Å²) in [4.78, 5) is 79.3. The van der Waals surface area contributed by atoms with E-state index < -0.39 is 59.8 Å². The number of ether oxygens (including phenoxy) is 3. The number of nitrogens with zero attached hydrogens (tertiary/aromatic N) is 2. The molecular weight excluding hydrogens is 524 g/mol. The number of allylic oxidation sites excluding steroid dienone is 1. The highest BCUT2D eigenvalue weighted by atomic mass is 16.6. The van der Waals surface area contributed by atoms with Crippen molar-refractivity contribution < 1.29 is 43.0 Å². The Bertz CT molecular complexity index is 1000. The Morgan fingerprint density at radius 3 is 2.20 bits per heavy atom. The van der Waals surface area contributed by atoms with Gasteiger partial charge in [-0.15, -0.1) is 0 Å². The van der Waals surface area contributed by atoms with E-state index in [0.717, 1.165) is 6.92 Å². The van der Waals surface area contributed by atoms with Gasteiger partial charge in [0.2, 0.25) is 29.4 Å². The average molecular weight is 567 g/mol. The zero-order chi connectivity index (χ0) is 30.0. The Morgan fingerprint density at radius 2 is 1.65 bits per heavy atom. The van der Waals surface area contributed by atoms with E-state index >= 15 is 0 Å². The summed E-state index contributed by atoms with van der Waals surface area (Å²) in [6, 6.07) is -1.83. The maximum absolute atomic E-state index is 13.6. The average Bonchev–Trinajstić information content (AvgIpc) is 3.39. The quantitative estimate of drug-likeness (QED) is 0.157. The molecule has 0 aliphatic carbocycles. The van der Waals surface area contributed by atoms with Gasteiger partial charge < -0.3 is 34.6 Å². The molecule has 4 amide bonds. The maximum atomic E-state index is 13.6. The third-order valence-corrected chi connectivity index (χ3v) is 6.55. The van der Waals surface area contributed by atoms with E-state index in [9.17, 15) is 28.8 Å². The SMILES string of the molecule is CCOC(=O)C(OC(C)=O)=C(NC(=O)[C@@H]1CCCN1C(=O)C(NC(=O)CC(=O)N1CCOCC1)C(C)C)C(C)C. The second kappa shape index (κ2) is 15.3. The zero-order valence-electron chi connectivity index (χ0n) is 24.2. The fourth-order valence-electron chi connectivity index (χ4n) is 4.51. The Morgan fingerprint density at radius 1 is 1.00 bits per heavy atom. The van der Waals surface area contributed by atoms with Crippen molar-refractivity contribution in [1.82, 2.24) is 20.4 Å². The fraction of sp³-hybridized carbons (Fsp3) is 0.704. The van der Waals surface area contributed by atoms with Crippen LogP contribution in [0.3, 0.4) is 0 Å². The number of amides is 4. The van der Waals surface area contributed by atoms with Gasteiger partial charge in [-0.3, -0.25) is 24.0 Å². The Kier molecular flexibility index (Phi) is 12.6. The van der Waals surface area contributed by atoms with Crippen LogP contribution >= 0.6 is 0 Å². The molecule has 0 aromatic heterocycles. The predicted octanol–water partition coefficient (Wildman–Crippen LogP) is 0.477. The highest BCUT2D eigenvalue weighted by molar-refractivity contribution is 5.99. The highest BCUT2D eigenvalue weighted by Crippen LogP contribution is 2.23. The van der Waals surface area contributed by atoms with Crippen LogP contribution in [0, 0.1) is 11.8 Å². The first-order valence-corrected chi connectivity index (χ1v) is 13.7. The van der Waals surface area contributed by atoms with E-state index in [1.54, 1.807) is 39.5 Å². The van der Waals surface area contributed by atoms with Crippen molar-refractivity contribution in [2.24, 2.45) is 11.8 Å². The molecule has 2 atom stereocenters. The summed E-state index contributed by atoms with van der Waals surface area (Å²) in [5.41, 5.74) is 0.0632. The molecule has 2 rings (SSSR count). The van der Waals surface area contributed by atoms with Crippen molar-refractivity contribution in [2.75, 3.05) is 39.5 Å². The van der Waals surface area contributed by atoms with E-state index in [1.807, 2.05) is 0 Å². The Labute approximate surface area is 234 Å². The molecule has 2 N–H and O–H groups in total. The molecule has 13 nitrogen and oxygen atoms in total. The molecule has 2 aliphatic heterocycles. The summed E-state index contributed by atoms with van der Waals surface area (Å²) >= 11 is 0. The summed E-state index contributed by atoms with van der Waals surface area (Å²) in [5.74, 6) is -4.72. The molecule has 40 heavy (non-hydrogen) atoms. The van der Waals surface area contributed by atoms with Crippen molar-refractivity contribution in [3.8, 4) is 0 Å². The molecule has 13 heteroatoms. The lowest BCUT2D eigenvalue weighted by molar-refractivity contribution is -0.150. The number of hydrogen-bond acceptors (Lipinski definition) is 9. The van der Waals surface area contributed by atoms with Crippen molar-refractivity contribution in [2.45, 2.75) is 72.9 Å². The van der Waals surface area contributed by atoms with Gasteiger partial charge in [0.25, 0.3) is 0 Å². The van der Waals surface area contributed by atoms with Gasteiger partial charge >= 0.3 is 11.9 Å². The number of rotatable bonds is 11. The van der Waals surface area contributed by atoms with Crippen LogP contribution in [0.2, 0.25) is 0 Å². The summed E-state index contributed by atoms with van der Waals surface area (Å²) in [6.45, 7) is 11.6. The number of carbonyl (C=O) groups excluding carboxylic acids is 6. The molecule has 0 aromatic carbocycles. The molecule has 224 valence electrons. The van der Waals surface area contributed by atoms with E-state index in [-0.39, 0.29) is 30.7 Å². The second-order valence-corrected chi connectivity index (χ2v) is 10.3. The molecule has 0 aromatic rings. The summed E-state index contributed by atoms with van der Waals surface area (Å²) in [6.07, 6.45) is 0.517. The first-order valence-electron chi connectivity index (χ1n) is 13.7. The van der Waals surface area contributed by atoms with Gasteiger partial charge in [-0.25, -0.2) is 4.79 Å². The van der Waals surface area contributed by atoms with Crippen LogP contribution in [-0.2, 0) is 43.0 Å². The molecule has 2 fully saturated rings. The third kappa shape index (κ3) is 9.04. The van der Waals surface area contributed by atoms with Crippen molar-refractivity contribution in [3.63, 3.8) is 0 Å². The van der Waals surface area contributed by atoms with Crippen LogP contribution in [0.1, 0.15) is 60.8 Å². The number of carbonyl (C=O) groups is 6. The van der Waals surface area contributed by atoms with Crippen LogP contribution in [0.5, 0.6) is 0 Å². The molecule has 1 unspecified atom stereocenters.